The number of nitrogens with one attached hydrogen (secondary N) is 1. The van der Waals surface area contributed by atoms with Crippen molar-refractivity contribution in [2.75, 3.05) is 18.5 Å². The molecule has 132 valence electrons. The molecule has 1 aromatic heterocycles. The van der Waals surface area contributed by atoms with Gasteiger partial charge in [0.15, 0.2) is 11.5 Å². The van der Waals surface area contributed by atoms with E-state index in [-0.39, 0.29) is 12.3 Å². The molecule has 1 amide bonds. The second-order valence-electron chi connectivity index (χ2n) is 5.63. The maximum Gasteiger partial charge on any atom is 0.230 e. The Bertz CT molecular complexity index is 960. The molecular formula is C18H14ClN3O3S. The summed E-state index contributed by atoms with van der Waals surface area (Å²) in [4.78, 5) is 12.2. The van der Waals surface area contributed by atoms with Crippen LogP contribution in [0, 0.1) is 0 Å². The van der Waals surface area contributed by atoms with Crippen LogP contribution in [0.5, 0.6) is 11.5 Å². The van der Waals surface area contributed by atoms with E-state index < -0.39 is 0 Å². The second-order valence-corrected chi connectivity index (χ2v) is 7.04. The lowest BCUT2D eigenvalue weighted by molar-refractivity contribution is -0.115. The van der Waals surface area contributed by atoms with E-state index in [9.17, 15) is 4.79 Å². The highest BCUT2D eigenvalue weighted by Gasteiger charge is 2.15. The van der Waals surface area contributed by atoms with Crippen LogP contribution < -0.4 is 14.8 Å². The Balaban J connectivity index is 1.45. The molecule has 0 saturated carbocycles. The molecule has 0 fully saturated rings. The van der Waals surface area contributed by atoms with Crippen LogP contribution in [-0.2, 0) is 11.2 Å². The second kappa shape index (κ2) is 7.31. The van der Waals surface area contributed by atoms with Gasteiger partial charge in [0, 0.05) is 10.6 Å². The largest absolute Gasteiger partial charge is 0.486 e. The zero-order chi connectivity index (χ0) is 17.9. The van der Waals surface area contributed by atoms with E-state index in [1.54, 1.807) is 12.1 Å². The number of aromatic nitrogens is 2. The number of anilines is 1. The number of ether oxygens (including phenoxy) is 2. The van der Waals surface area contributed by atoms with Gasteiger partial charge in [-0.15, -0.1) is 10.2 Å². The summed E-state index contributed by atoms with van der Waals surface area (Å²) in [7, 11) is 0. The van der Waals surface area contributed by atoms with E-state index in [0.717, 1.165) is 16.9 Å². The summed E-state index contributed by atoms with van der Waals surface area (Å²) in [6.45, 7) is 1.07. The van der Waals surface area contributed by atoms with E-state index in [1.165, 1.54) is 11.3 Å². The molecule has 3 aromatic rings. The minimum absolute atomic E-state index is 0.169. The Morgan fingerprint density at radius 1 is 1.12 bits per heavy atom. The van der Waals surface area contributed by atoms with Crippen LogP contribution in [0.15, 0.2) is 42.5 Å². The molecule has 0 spiro atoms. The number of carbonyl (C=O) groups excluding carboxylic acids is 1. The van der Waals surface area contributed by atoms with Crippen molar-refractivity contribution in [3.05, 3.63) is 53.1 Å². The average molecular weight is 388 g/mol. The predicted molar refractivity (Wildman–Crippen MR) is 100 cm³/mol. The first-order chi connectivity index (χ1) is 12.7. The molecule has 2 aromatic carbocycles. The zero-order valence-corrected chi connectivity index (χ0v) is 15.1. The van der Waals surface area contributed by atoms with Crippen molar-refractivity contribution in [1.29, 1.82) is 0 Å². The first-order valence-corrected chi connectivity index (χ1v) is 9.15. The summed E-state index contributed by atoms with van der Waals surface area (Å²) >= 11 is 7.24. The molecule has 1 aliphatic rings. The summed E-state index contributed by atoms with van der Waals surface area (Å²) in [5.74, 6) is 1.24. The number of amides is 1. The fraction of sp³-hybridized carbons (Fsp3) is 0.167. The van der Waals surface area contributed by atoms with Gasteiger partial charge in [0.2, 0.25) is 11.0 Å². The summed E-state index contributed by atoms with van der Waals surface area (Å²) in [6.07, 6.45) is 0.222. The molecule has 0 atom stereocenters. The molecule has 8 heteroatoms. The molecule has 0 aliphatic carbocycles. The molecule has 1 aliphatic heterocycles. The Kier molecular flexibility index (Phi) is 4.73. The summed E-state index contributed by atoms with van der Waals surface area (Å²) in [6, 6.07) is 12.8. The lowest BCUT2D eigenvalue weighted by Crippen LogP contribution is -2.15. The van der Waals surface area contributed by atoms with Gasteiger partial charge in [-0.3, -0.25) is 4.79 Å². The number of hydrogen-bond donors (Lipinski definition) is 1. The highest BCUT2D eigenvalue weighted by atomic mass is 35.5. The predicted octanol–water partition coefficient (Wildman–Crippen LogP) is 3.81. The number of fused-ring (bicyclic) bond motifs is 1. The summed E-state index contributed by atoms with van der Waals surface area (Å²) in [5, 5.41) is 12.7. The highest BCUT2D eigenvalue weighted by molar-refractivity contribution is 7.18. The van der Waals surface area contributed by atoms with Crippen LogP contribution in [0.3, 0.4) is 0 Å². The number of rotatable bonds is 4. The SMILES string of the molecule is O=C(Cc1cccc(Cl)c1)Nc1nnc(-c2ccc3c(c2)OCCO3)s1. The van der Waals surface area contributed by atoms with Gasteiger partial charge in [0.25, 0.3) is 0 Å². The summed E-state index contributed by atoms with van der Waals surface area (Å²) in [5.41, 5.74) is 1.70. The Hall–Kier alpha value is -2.64. The fourth-order valence-corrected chi connectivity index (χ4v) is 3.53. The van der Waals surface area contributed by atoms with Gasteiger partial charge in [-0.05, 0) is 35.9 Å². The molecule has 0 radical (unpaired) electrons. The molecule has 6 nitrogen and oxygen atoms in total. The van der Waals surface area contributed by atoms with Gasteiger partial charge in [-0.25, -0.2) is 0 Å². The first-order valence-electron chi connectivity index (χ1n) is 7.95. The van der Waals surface area contributed by atoms with Crippen molar-refractivity contribution in [2.24, 2.45) is 0 Å². The Morgan fingerprint density at radius 2 is 1.96 bits per heavy atom. The monoisotopic (exact) mass is 387 g/mol. The van der Waals surface area contributed by atoms with Crippen molar-refractivity contribution in [2.45, 2.75) is 6.42 Å². The molecule has 0 unspecified atom stereocenters. The van der Waals surface area contributed by atoms with E-state index in [0.29, 0.717) is 34.1 Å². The van der Waals surface area contributed by atoms with E-state index >= 15 is 0 Å². The third kappa shape index (κ3) is 3.79. The quantitative estimate of drug-likeness (QED) is 0.736. The van der Waals surface area contributed by atoms with Crippen molar-refractivity contribution in [1.82, 2.24) is 10.2 Å². The fourth-order valence-electron chi connectivity index (χ4n) is 2.56. The molecular weight excluding hydrogens is 374 g/mol. The molecule has 1 N–H and O–H groups in total. The van der Waals surface area contributed by atoms with Gasteiger partial charge in [-0.2, -0.15) is 0 Å². The number of carbonyl (C=O) groups is 1. The first kappa shape index (κ1) is 16.8. The van der Waals surface area contributed by atoms with Crippen LogP contribution in [-0.4, -0.2) is 29.3 Å². The van der Waals surface area contributed by atoms with E-state index in [1.807, 2.05) is 30.3 Å². The molecule has 0 bridgehead atoms. The smallest absolute Gasteiger partial charge is 0.230 e. The molecule has 2 heterocycles. The average Bonchev–Trinajstić information content (AvgIpc) is 3.09. The Labute approximate surface area is 158 Å². The maximum absolute atomic E-state index is 12.2. The minimum atomic E-state index is -0.169. The van der Waals surface area contributed by atoms with Crippen molar-refractivity contribution in [3.8, 4) is 22.1 Å². The molecule has 0 saturated heterocycles. The van der Waals surface area contributed by atoms with Gasteiger partial charge >= 0.3 is 0 Å². The number of nitrogens with zero attached hydrogens (tertiary/aromatic N) is 2. The van der Waals surface area contributed by atoms with Crippen LogP contribution in [0.25, 0.3) is 10.6 Å². The maximum atomic E-state index is 12.2. The Morgan fingerprint density at radius 3 is 2.81 bits per heavy atom. The van der Waals surface area contributed by atoms with Crippen LogP contribution in [0.2, 0.25) is 5.02 Å². The lowest BCUT2D eigenvalue weighted by Gasteiger charge is -2.18. The molecule has 26 heavy (non-hydrogen) atoms. The third-order valence-corrected chi connectivity index (χ3v) is 4.84. The molecule has 4 rings (SSSR count). The van der Waals surface area contributed by atoms with Crippen LogP contribution >= 0.6 is 22.9 Å². The van der Waals surface area contributed by atoms with Gasteiger partial charge in [0.05, 0.1) is 6.42 Å². The van der Waals surface area contributed by atoms with E-state index in [4.69, 9.17) is 21.1 Å². The number of halogens is 1. The summed E-state index contributed by atoms with van der Waals surface area (Å²) < 4.78 is 11.1. The van der Waals surface area contributed by atoms with Crippen molar-refractivity contribution >= 4 is 34.0 Å². The lowest BCUT2D eigenvalue weighted by atomic mass is 10.1. The standard InChI is InChI=1S/C18H14ClN3O3S/c19-13-3-1-2-11(8-13)9-16(23)20-18-22-21-17(26-18)12-4-5-14-15(10-12)25-7-6-24-14/h1-5,8,10H,6-7,9H2,(H,20,22,23). The van der Waals surface area contributed by atoms with Crippen molar-refractivity contribution < 1.29 is 14.3 Å². The highest BCUT2D eigenvalue weighted by Crippen LogP contribution is 2.36. The van der Waals surface area contributed by atoms with Gasteiger partial charge < -0.3 is 14.8 Å². The van der Waals surface area contributed by atoms with Gasteiger partial charge in [0.1, 0.15) is 18.2 Å². The van der Waals surface area contributed by atoms with E-state index in [2.05, 4.69) is 15.5 Å². The van der Waals surface area contributed by atoms with Gasteiger partial charge in [-0.1, -0.05) is 35.1 Å². The minimum Gasteiger partial charge on any atom is -0.486 e. The van der Waals surface area contributed by atoms with Crippen LogP contribution in [0.4, 0.5) is 5.13 Å². The normalized spacial score (nSPS) is 12.7. The number of benzene rings is 2. The zero-order valence-electron chi connectivity index (χ0n) is 13.6. The number of hydrogen-bond acceptors (Lipinski definition) is 6. The topological polar surface area (TPSA) is 73.3 Å². The third-order valence-electron chi connectivity index (χ3n) is 3.71. The van der Waals surface area contributed by atoms with Crippen LogP contribution in [0.1, 0.15) is 5.56 Å². The van der Waals surface area contributed by atoms with Crippen molar-refractivity contribution in [3.63, 3.8) is 0 Å².